The first-order valence-corrected chi connectivity index (χ1v) is 11.5. The summed E-state index contributed by atoms with van der Waals surface area (Å²) in [5.41, 5.74) is 0.810. The summed E-state index contributed by atoms with van der Waals surface area (Å²) in [6.07, 6.45) is 0.612. The number of rotatable bonds is 12. The SMILES string of the molecule is COCCCN(C(=O)c1ccc(OC)cc1OC)C(C)c1nc2ccccc2c(=O)n1CCOC. The van der Waals surface area contributed by atoms with Crippen molar-refractivity contribution in [2.75, 3.05) is 48.2 Å². The van der Waals surface area contributed by atoms with Gasteiger partial charge in [-0.05, 0) is 37.6 Å². The zero-order valence-corrected chi connectivity index (χ0v) is 20.9. The highest BCUT2D eigenvalue weighted by Crippen LogP contribution is 2.29. The summed E-state index contributed by atoms with van der Waals surface area (Å²) in [6, 6.07) is 11.8. The Bertz CT molecular complexity index is 1210. The van der Waals surface area contributed by atoms with Crippen molar-refractivity contribution in [1.29, 1.82) is 0 Å². The molecule has 9 nitrogen and oxygen atoms in total. The van der Waals surface area contributed by atoms with Gasteiger partial charge in [-0.15, -0.1) is 0 Å². The molecule has 0 fully saturated rings. The van der Waals surface area contributed by atoms with E-state index in [1.54, 1.807) is 61.1 Å². The summed E-state index contributed by atoms with van der Waals surface area (Å²) < 4.78 is 22.8. The van der Waals surface area contributed by atoms with Gasteiger partial charge in [0, 0.05) is 33.4 Å². The van der Waals surface area contributed by atoms with Crippen molar-refractivity contribution < 1.29 is 23.7 Å². The molecule has 0 saturated carbocycles. The quantitative estimate of drug-likeness (QED) is 0.365. The number of hydrogen-bond donors (Lipinski definition) is 0. The van der Waals surface area contributed by atoms with Crippen LogP contribution in [0.5, 0.6) is 11.5 Å². The molecular weight excluding hydrogens is 450 g/mol. The number of ether oxygens (including phenoxy) is 4. The zero-order chi connectivity index (χ0) is 25.4. The molecule has 0 bridgehead atoms. The number of para-hydroxylation sites is 1. The van der Waals surface area contributed by atoms with Crippen LogP contribution in [0.3, 0.4) is 0 Å². The van der Waals surface area contributed by atoms with Gasteiger partial charge in [0.1, 0.15) is 17.3 Å². The molecule has 3 rings (SSSR count). The van der Waals surface area contributed by atoms with E-state index >= 15 is 0 Å². The Morgan fingerprint density at radius 1 is 1.03 bits per heavy atom. The average Bonchev–Trinajstić information content (AvgIpc) is 2.89. The molecule has 1 aromatic heterocycles. The van der Waals surface area contributed by atoms with E-state index in [9.17, 15) is 9.59 Å². The fourth-order valence-electron chi connectivity index (χ4n) is 4.02. The minimum Gasteiger partial charge on any atom is -0.497 e. The molecule has 0 aliphatic heterocycles. The molecule has 2 aromatic carbocycles. The van der Waals surface area contributed by atoms with Crippen LogP contribution in [0.4, 0.5) is 0 Å². The van der Waals surface area contributed by atoms with Crippen molar-refractivity contribution in [3.05, 3.63) is 64.2 Å². The van der Waals surface area contributed by atoms with Crippen molar-refractivity contribution in [3.8, 4) is 11.5 Å². The number of nitrogens with zero attached hydrogens (tertiary/aromatic N) is 3. The highest BCUT2D eigenvalue weighted by molar-refractivity contribution is 5.97. The predicted octanol–water partition coefficient (Wildman–Crippen LogP) is 3.30. The van der Waals surface area contributed by atoms with E-state index in [0.29, 0.717) is 66.5 Å². The van der Waals surface area contributed by atoms with E-state index in [2.05, 4.69) is 0 Å². The lowest BCUT2D eigenvalue weighted by atomic mass is 10.1. The lowest BCUT2D eigenvalue weighted by molar-refractivity contribution is 0.0650. The molecule has 1 heterocycles. The van der Waals surface area contributed by atoms with Gasteiger partial charge in [0.25, 0.3) is 11.5 Å². The van der Waals surface area contributed by atoms with E-state index < -0.39 is 6.04 Å². The van der Waals surface area contributed by atoms with E-state index in [1.165, 1.54) is 7.11 Å². The van der Waals surface area contributed by atoms with Gasteiger partial charge >= 0.3 is 0 Å². The summed E-state index contributed by atoms with van der Waals surface area (Å²) in [5.74, 6) is 1.24. The third kappa shape index (κ3) is 5.80. The summed E-state index contributed by atoms with van der Waals surface area (Å²) in [4.78, 5) is 33.7. The van der Waals surface area contributed by atoms with Gasteiger partial charge in [-0.2, -0.15) is 0 Å². The highest BCUT2D eigenvalue weighted by atomic mass is 16.5. The van der Waals surface area contributed by atoms with Crippen molar-refractivity contribution >= 4 is 16.8 Å². The molecule has 3 aromatic rings. The molecule has 1 amide bonds. The highest BCUT2D eigenvalue weighted by Gasteiger charge is 2.28. The Balaban J connectivity index is 2.11. The number of fused-ring (bicyclic) bond motifs is 1. The van der Waals surface area contributed by atoms with Gasteiger partial charge in [-0.3, -0.25) is 14.2 Å². The first-order valence-electron chi connectivity index (χ1n) is 11.5. The first-order chi connectivity index (χ1) is 17.0. The summed E-state index contributed by atoms with van der Waals surface area (Å²) in [5, 5.41) is 0.522. The van der Waals surface area contributed by atoms with Crippen LogP contribution in [0.1, 0.15) is 35.6 Å². The number of carbonyl (C=O) groups excluding carboxylic acids is 1. The van der Waals surface area contributed by atoms with Crippen molar-refractivity contribution in [2.45, 2.75) is 25.9 Å². The Hall–Kier alpha value is -3.43. The monoisotopic (exact) mass is 483 g/mol. The minimum absolute atomic E-state index is 0.166. The number of aromatic nitrogens is 2. The number of carbonyl (C=O) groups is 1. The van der Waals surface area contributed by atoms with E-state index in [-0.39, 0.29) is 11.5 Å². The molecular formula is C26H33N3O6. The molecule has 0 spiro atoms. The Kier molecular flexibility index (Phi) is 9.22. The second-order valence-electron chi connectivity index (χ2n) is 8.02. The second kappa shape index (κ2) is 12.3. The van der Waals surface area contributed by atoms with Crippen LogP contribution in [0, 0.1) is 0 Å². The van der Waals surface area contributed by atoms with E-state index in [1.807, 2.05) is 19.1 Å². The van der Waals surface area contributed by atoms with Gasteiger partial charge in [-0.25, -0.2) is 4.98 Å². The molecule has 0 aliphatic rings. The van der Waals surface area contributed by atoms with Gasteiger partial charge in [0.15, 0.2) is 0 Å². The van der Waals surface area contributed by atoms with Crippen molar-refractivity contribution in [1.82, 2.24) is 14.5 Å². The zero-order valence-electron chi connectivity index (χ0n) is 20.9. The minimum atomic E-state index is -0.514. The standard InChI is InChI=1S/C26H33N3O6/c1-18(24-27-22-10-7-6-9-20(22)25(30)29(24)14-16-33-3)28(13-8-15-32-2)26(31)21-12-11-19(34-4)17-23(21)35-5/h6-7,9-12,17-18H,8,13-16H2,1-5H3. The molecule has 0 N–H and O–H groups in total. The molecule has 0 radical (unpaired) electrons. The topological polar surface area (TPSA) is 92.1 Å². The van der Waals surface area contributed by atoms with Crippen LogP contribution in [-0.2, 0) is 16.0 Å². The third-order valence-electron chi connectivity index (χ3n) is 5.90. The average molecular weight is 484 g/mol. The molecule has 0 saturated heterocycles. The van der Waals surface area contributed by atoms with Crippen LogP contribution < -0.4 is 15.0 Å². The van der Waals surface area contributed by atoms with Crippen molar-refractivity contribution in [3.63, 3.8) is 0 Å². The fraction of sp³-hybridized carbons (Fsp3) is 0.423. The maximum absolute atomic E-state index is 13.8. The summed E-state index contributed by atoms with van der Waals surface area (Å²) >= 11 is 0. The van der Waals surface area contributed by atoms with Gasteiger partial charge in [0.2, 0.25) is 0 Å². The Labute approximate surface area is 205 Å². The van der Waals surface area contributed by atoms with Crippen LogP contribution in [0.25, 0.3) is 10.9 Å². The van der Waals surface area contributed by atoms with Crippen LogP contribution in [-0.4, -0.2) is 68.6 Å². The van der Waals surface area contributed by atoms with Crippen LogP contribution >= 0.6 is 0 Å². The lowest BCUT2D eigenvalue weighted by Gasteiger charge is -2.31. The molecule has 188 valence electrons. The summed E-state index contributed by atoms with van der Waals surface area (Å²) in [7, 11) is 6.27. The van der Waals surface area contributed by atoms with Gasteiger partial charge < -0.3 is 23.8 Å². The number of methoxy groups -OCH3 is 4. The maximum Gasteiger partial charge on any atom is 0.261 e. The van der Waals surface area contributed by atoms with Crippen molar-refractivity contribution in [2.24, 2.45) is 0 Å². The molecule has 0 aliphatic carbocycles. The summed E-state index contributed by atoms with van der Waals surface area (Å²) in [6.45, 7) is 3.41. The fourth-order valence-corrected chi connectivity index (χ4v) is 4.02. The first kappa shape index (κ1) is 26.2. The molecule has 1 atom stereocenters. The van der Waals surface area contributed by atoms with Crippen LogP contribution in [0.2, 0.25) is 0 Å². The normalized spacial score (nSPS) is 11.9. The second-order valence-corrected chi connectivity index (χ2v) is 8.02. The van der Waals surface area contributed by atoms with Crippen LogP contribution in [0.15, 0.2) is 47.3 Å². The van der Waals surface area contributed by atoms with E-state index in [0.717, 1.165) is 0 Å². The lowest BCUT2D eigenvalue weighted by Crippen LogP contribution is -2.39. The largest absolute Gasteiger partial charge is 0.497 e. The molecule has 35 heavy (non-hydrogen) atoms. The third-order valence-corrected chi connectivity index (χ3v) is 5.90. The molecule has 1 unspecified atom stereocenters. The number of benzene rings is 2. The van der Waals surface area contributed by atoms with Gasteiger partial charge in [0.05, 0.1) is 49.9 Å². The Morgan fingerprint density at radius 3 is 2.46 bits per heavy atom. The smallest absolute Gasteiger partial charge is 0.261 e. The number of hydrogen-bond acceptors (Lipinski definition) is 7. The molecule has 9 heteroatoms. The van der Waals surface area contributed by atoms with E-state index in [4.69, 9.17) is 23.9 Å². The van der Waals surface area contributed by atoms with Gasteiger partial charge in [-0.1, -0.05) is 12.1 Å². The predicted molar refractivity (Wildman–Crippen MR) is 133 cm³/mol. The maximum atomic E-state index is 13.8. The Morgan fingerprint density at radius 2 is 1.77 bits per heavy atom. The number of amides is 1.